The molecule has 3 amide bonds. The first-order valence-electron chi connectivity index (χ1n) is 12.1. The summed E-state index contributed by atoms with van der Waals surface area (Å²) in [6.45, 7) is 1.29. The number of urea groups is 1. The van der Waals surface area contributed by atoms with Crippen molar-refractivity contribution in [3.05, 3.63) is 69.5 Å². The molecular weight excluding hydrogens is 552 g/mol. The Balaban J connectivity index is 1.71. The van der Waals surface area contributed by atoms with Gasteiger partial charge in [-0.1, -0.05) is 54.6 Å². The predicted molar refractivity (Wildman–Crippen MR) is 149 cm³/mol. The molecular formula is C27H26Cl2FN3O4S. The zero-order chi connectivity index (χ0) is 27.4. The second kappa shape index (κ2) is 12.1. The number of aliphatic carboxylic acids is 1. The third-order valence-corrected chi connectivity index (χ3v) is 8.14. The third kappa shape index (κ3) is 6.46. The van der Waals surface area contributed by atoms with Gasteiger partial charge in [-0.25, -0.2) is 9.18 Å². The minimum Gasteiger partial charge on any atom is -0.480 e. The molecule has 1 aromatic heterocycles. The van der Waals surface area contributed by atoms with Crippen molar-refractivity contribution in [2.75, 3.05) is 17.2 Å². The first-order valence-corrected chi connectivity index (χ1v) is 13.7. The van der Waals surface area contributed by atoms with Gasteiger partial charge in [0, 0.05) is 10.9 Å². The van der Waals surface area contributed by atoms with Gasteiger partial charge in [0.1, 0.15) is 17.4 Å². The van der Waals surface area contributed by atoms with Crippen LogP contribution in [0.25, 0.3) is 10.4 Å². The van der Waals surface area contributed by atoms with Crippen LogP contribution in [0.1, 0.15) is 48.0 Å². The van der Waals surface area contributed by atoms with E-state index in [2.05, 4.69) is 10.6 Å². The number of aryl methyl sites for hydroxylation is 1. The topological polar surface area (TPSA) is 98.7 Å². The number of nitrogens with one attached hydrogen (secondary N) is 2. The van der Waals surface area contributed by atoms with Gasteiger partial charge in [-0.3, -0.25) is 14.9 Å². The second-order valence-corrected chi connectivity index (χ2v) is 11.0. The highest BCUT2D eigenvalue weighted by Gasteiger charge is 2.31. The Morgan fingerprint density at radius 3 is 2.37 bits per heavy atom. The van der Waals surface area contributed by atoms with Crippen LogP contribution in [0.4, 0.5) is 19.9 Å². The van der Waals surface area contributed by atoms with Crippen molar-refractivity contribution in [3.63, 3.8) is 0 Å². The molecule has 1 aliphatic rings. The number of hydrogen-bond donors (Lipinski definition) is 3. The average molecular weight is 578 g/mol. The number of halogens is 3. The van der Waals surface area contributed by atoms with E-state index in [4.69, 9.17) is 23.2 Å². The summed E-state index contributed by atoms with van der Waals surface area (Å²) in [7, 11) is 0. The molecule has 38 heavy (non-hydrogen) atoms. The van der Waals surface area contributed by atoms with Crippen molar-refractivity contribution >= 4 is 63.1 Å². The van der Waals surface area contributed by atoms with Gasteiger partial charge >= 0.3 is 12.0 Å². The monoisotopic (exact) mass is 577 g/mol. The van der Waals surface area contributed by atoms with Crippen molar-refractivity contribution in [2.24, 2.45) is 0 Å². The molecule has 4 rings (SSSR count). The molecule has 11 heteroatoms. The number of carboxylic acid groups (broad SMARTS) is 1. The third-order valence-electron chi connectivity index (χ3n) is 6.43. The van der Waals surface area contributed by atoms with E-state index in [1.54, 1.807) is 37.3 Å². The number of rotatable bonds is 7. The zero-order valence-corrected chi connectivity index (χ0v) is 22.9. The van der Waals surface area contributed by atoms with Gasteiger partial charge in [0.15, 0.2) is 0 Å². The van der Waals surface area contributed by atoms with Crippen LogP contribution < -0.4 is 10.6 Å². The molecule has 1 heterocycles. The minimum atomic E-state index is -1.12. The maximum absolute atomic E-state index is 13.8. The fraction of sp³-hybridized carbons (Fsp3) is 0.296. The van der Waals surface area contributed by atoms with Crippen LogP contribution in [-0.4, -0.2) is 40.5 Å². The Morgan fingerprint density at radius 2 is 1.74 bits per heavy atom. The fourth-order valence-electron chi connectivity index (χ4n) is 4.60. The molecule has 0 atom stereocenters. The quantitative estimate of drug-likeness (QED) is 0.268. The van der Waals surface area contributed by atoms with E-state index in [-0.39, 0.29) is 32.3 Å². The summed E-state index contributed by atoms with van der Waals surface area (Å²) in [6, 6.07) is 9.82. The van der Waals surface area contributed by atoms with Crippen LogP contribution in [0, 0.1) is 12.7 Å². The molecule has 0 bridgehead atoms. The highest BCUT2D eigenvalue weighted by Crippen LogP contribution is 2.39. The van der Waals surface area contributed by atoms with E-state index in [0.717, 1.165) is 30.6 Å². The highest BCUT2D eigenvalue weighted by atomic mass is 35.5. The van der Waals surface area contributed by atoms with Crippen LogP contribution >= 0.6 is 34.5 Å². The lowest BCUT2D eigenvalue weighted by atomic mass is 9.93. The second-order valence-electron chi connectivity index (χ2n) is 9.11. The average Bonchev–Trinajstić information content (AvgIpc) is 3.28. The number of carboxylic acids is 1. The van der Waals surface area contributed by atoms with Crippen LogP contribution in [-0.2, 0) is 4.79 Å². The van der Waals surface area contributed by atoms with Crippen molar-refractivity contribution in [2.45, 2.75) is 45.1 Å². The van der Waals surface area contributed by atoms with Crippen LogP contribution in [0.2, 0.25) is 10.0 Å². The van der Waals surface area contributed by atoms with E-state index >= 15 is 0 Å². The molecule has 7 nitrogen and oxygen atoms in total. The number of anilines is 2. The van der Waals surface area contributed by atoms with Crippen molar-refractivity contribution < 1.29 is 23.9 Å². The van der Waals surface area contributed by atoms with Gasteiger partial charge < -0.3 is 15.3 Å². The van der Waals surface area contributed by atoms with E-state index in [1.165, 1.54) is 17.0 Å². The standard InChI is InChI=1S/C27H26Cl2FN3O4S/c1-15-12-16(30)10-11-18(15)22-13-19(26(36)33(14-23(34)35)17-6-3-2-4-7-17)25(38-22)32-27(37)31-24-20(28)8-5-9-21(24)29/h5,8-13,17H,2-4,6-7,14H2,1H3,(H,34,35)(H2,31,32,37). The van der Waals surface area contributed by atoms with Crippen molar-refractivity contribution in [3.8, 4) is 10.4 Å². The summed E-state index contributed by atoms with van der Waals surface area (Å²) in [4.78, 5) is 40.5. The lowest BCUT2D eigenvalue weighted by Gasteiger charge is -2.33. The summed E-state index contributed by atoms with van der Waals surface area (Å²) >= 11 is 13.5. The van der Waals surface area contributed by atoms with Gasteiger partial charge in [0.2, 0.25) is 0 Å². The van der Waals surface area contributed by atoms with Crippen molar-refractivity contribution in [1.29, 1.82) is 0 Å². The molecule has 0 radical (unpaired) electrons. The summed E-state index contributed by atoms with van der Waals surface area (Å²) < 4.78 is 13.8. The summed E-state index contributed by atoms with van der Waals surface area (Å²) in [6.07, 6.45) is 4.27. The molecule has 1 saturated carbocycles. The van der Waals surface area contributed by atoms with Crippen LogP contribution in [0.3, 0.4) is 0 Å². The molecule has 2 aromatic carbocycles. The van der Waals surface area contributed by atoms with E-state index in [0.29, 0.717) is 28.8 Å². The molecule has 3 aromatic rings. The number of benzene rings is 2. The predicted octanol–water partition coefficient (Wildman–Crippen LogP) is 7.67. The number of para-hydroxylation sites is 1. The van der Waals surface area contributed by atoms with Gasteiger partial charge in [0.25, 0.3) is 5.91 Å². The lowest BCUT2D eigenvalue weighted by molar-refractivity contribution is -0.138. The molecule has 0 unspecified atom stereocenters. The normalized spacial score (nSPS) is 13.7. The number of amides is 3. The van der Waals surface area contributed by atoms with Crippen molar-refractivity contribution in [1.82, 2.24) is 4.90 Å². The first-order chi connectivity index (χ1) is 18.1. The zero-order valence-electron chi connectivity index (χ0n) is 20.5. The van der Waals surface area contributed by atoms with Gasteiger partial charge in [-0.05, 0) is 61.2 Å². The maximum atomic E-state index is 13.8. The Morgan fingerprint density at radius 1 is 1.05 bits per heavy atom. The summed E-state index contributed by atoms with van der Waals surface area (Å²) in [5, 5.41) is 15.6. The Labute approximate surface area is 233 Å². The Hall–Kier alpha value is -3.14. The van der Waals surface area contributed by atoms with E-state index < -0.39 is 30.3 Å². The molecule has 3 N–H and O–H groups in total. The fourth-order valence-corrected chi connectivity index (χ4v) is 6.23. The number of thiophene rings is 1. The molecule has 0 saturated heterocycles. The lowest BCUT2D eigenvalue weighted by Crippen LogP contribution is -2.44. The van der Waals surface area contributed by atoms with E-state index in [9.17, 15) is 23.9 Å². The molecule has 0 aliphatic heterocycles. The minimum absolute atomic E-state index is 0.154. The molecule has 1 fully saturated rings. The van der Waals surface area contributed by atoms with Gasteiger partial charge in [0.05, 0.1) is 21.3 Å². The number of carbonyl (C=O) groups excluding carboxylic acids is 2. The molecule has 1 aliphatic carbocycles. The molecule has 0 spiro atoms. The Kier molecular flexibility index (Phi) is 8.91. The number of nitrogens with zero attached hydrogens (tertiary/aromatic N) is 1. The van der Waals surface area contributed by atoms with Crippen LogP contribution in [0.15, 0.2) is 42.5 Å². The SMILES string of the molecule is Cc1cc(F)ccc1-c1cc(C(=O)N(CC(=O)O)C2CCCCC2)c(NC(=O)Nc2c(Cl)cccc2Cl)s1. The highest BCUT2D eigenvalue weighted by molar-refractivity contribution is 7.20. The maximum Gasteiger partial charge on any atom is 0.324 e. The van der Waals surface area contributed by atoms with E-state index in [1.807, 2.05) is 0 Å². The smallest absolute Gasteiger partial charge is 0.324 e. The number of hydrogen-bond acceptors (Lipinski definition) is 4. The Bertz CT molecular complexity index is 1350. The summed E-state index contributed by atoms with van der Waals surface area (Å²) in [5.74, 6) is -2.00. The number of carbonyl (C=O) groups is 3. The first kappa shape index (κ1) is 27.9. The molecule has 200 valence electrons. The van der Waals surface area contributed by atoms with Gasteiger partial charge in [-0.2, -0.15) is 0 Å². The summed E-state index contributed by atoms with van der Waals surface area (Å²) in [5.41, 5.74) is 1.71. The largest absolute Gasteiger partial charge is 0.480 e. The van der Waals surface area contributed by atoms with Crippen LogP contribution in [0.5, 0.6) is 0 Å². The van der Waals surface area contributed by atoms with Gasteiger partial charge in [-0.15, -0.1) is 11.3 Å².